The Labute approximate surface area is 200 Å². The Morgan fingerprint density at radius 2 is 1.91 bits per heavy atom. The molecule has 0 saturated heterocycles. The zero-order valence-corrected chi connectivity index (χ0v) is 20.1. The Balaban J connectivity index is 1.25. The molecule has 1 atom stereocenters. The molecule has 5 rings (SSSR count). The zero-order valence-electron chi connectivity index (χ0n) is 18.5. The summed E-state index contributed by atoms with van der Waals surface area (Å²) in [5.41, 5.74) is 3.13. The minimum Gasteiger partial charge on any atom is -0.423 e. The van der Waals surface area contributed by atoms with Gasteiger partial charge in [-0.1, -0.05) is 15.9 Å². The minimum absolute atomic E-state index is 0.208. The van der Waals surface area contributed by atoms with Gasteiger partial charge in [-0.05, 0) is 98.9 Å². The van der Waals surface area contributed by atoms with Crippen molar-refractivity contribution in [3.05, 3.63) is 81.0 Å². The van der Waals surface area contributed by atoms with E-state index in [0.717, 1.165) is 58.6 Å². The van der Waals surface area contributed by atoms with Crippen molar-refractivity contribution in [3.63, 3.8) is 0 Å². The van der Waals surface area contributed by atoms with Crippen LogP contribution in [-0.2, 0) is 0 Å². The van der Waals surface area contributed by atoms with E-state index >= 15 is 0 Å². The molecule has 1 aliphatic carbocycles. The third-order valence-corrected chi connectivity index (χ3v) is 7.31. The van der Waals surface area contributed by atoms with Gasteiger partial charge in [-0.3, -0.25) is 4.98 Å². The topological polar surface area (TPSA) is 55.1 Å². The lowest BCUT2D eigenvalue weighted by Gasteiger charge is -2.31. The van der Waals surface area contributed by atoms with Crippen LogP contribution in [0.25, 0.3) is 21.9 Å². The number of hydrogen-bond donors (Lipinski definition) is 1. The molecule has 1 unspecified atom stereocenters. The van der Waals surface area contributed by atoms with E-state index in [9.17, 15) is 9.18 Å². The number of halogens is 2. The van der Waals surface area contributed by atoms with Crippen molar-refractivity contribution in [1.29, 1.82) is 0 Å². The molecule has 2 heterocycles. The second kappa shape index (κ2) is 9.26. The summed E-state index contributed by atoms with van der Waals surface area (Å²) in [6, 6.07) is 14.3. The van der Waals surface area contributed by atoms with Crippen molar-refractivity contribution >= 4 is 43.5 Å². The molecule has 6 heteroatoms. The highest BCUT2D eigenvalue weighted by atomic mass is 79.9. The SMILES string of the molecule is CC(CC1CCC(c2ccnc3ccc(F)cc23)CC1)Nc1cc(=O)oc2ccc(Br)cc12. The van der Waals surface area contributed by atoms with E-state index in [2.05, 4.69) is 39.2 Å². The van der Waals surface area contributed by atoms with E-state index in [1.807, 2.05) is 24.4 Å². The summed E-state index contributed by atoms with van der Waals surface area (Å²) in [6.07, 6.45) is 7.34. The van der Waals surface area contributed by atoms with Gasteiger partial charge in [0.05, 0.1) is 11.2 Å². The van der Waals surface area contributed by atoms with Gasteiger partial charge < -0.3 is 9.73 Å². The van der Waals surface area contributed by atoms with Crippen LogP contribution in [0.15, 0.2) is 68.4 Å². The summed E-state index contributed by atoms with van der Waals surface area (Å²) in [5, 5.41) is 5.38. The first-order valence-corrected chi connectivity index (χ1v) is 12.3. The van der Waals surface area contributed by atoms with E-state index in [1.54, 1.807) is 12.1 Å². The number of nitrogens with zero attached hydrogens (tertiary/aromatic N) is 1. The molecule has 2 aromatic heterocycles. The second-order valence-corrected chi connectivity index (χ2v) is 10.1. The van der Waals surface area contributed by atoms with Crippen LogP contribution >= 0.6 is 15.9 Å². The van der Waals surface area contributed by atoms with Gasteiger partial charge in [0.15, 0.2) is 0 Å². The summed E-state index contributed by atoms with van der Waals surface area (Å²) < 4.78 is 20.1. The van der Waals surface area contributed by atoms with Gasteiger partial charge in [-0.15, -0.1) is 0 Å². The monoisotopic (exact) mass is 508 g/mol. The smallest absolute Gasteiger partial charge is 0.338 e. The maximum atomic E-state index is 13.9. The Morgan fingerprint density at radius 3 is 2.73 bits per heavy atom. The van der Waals surface area contributed by atoms with Crippen LogP contribution in [0.2, 0.25) is 0 Å². The first kappa shape index (κ1) is 22.1. The molecule has 0 bridgehead atoms. The number of anilines is 1. The first-order chi connectivity index (χ1) is 16.0. The summed E-state index contributed by atoms with van der Waals surface area (Å²) in [7, 11) is 0. The number of nitrogens with one attached hydrogen (secondary N) is 1. The van der Waals surface area contributed by atoms with Crippen LogP contribution in [0.4, 0.5) is 10.1 Å². The van der Waals surface area contributed by atoms with Crippen molar-refractivity contribution < 1.29 is 8.81 Å². The van der Waals surface area contributed by atoms with Gasteiger partial charge in [0.2, 0.25) is 0 Å². The van der Waals surface area contributed by atoms with Crippen LogP contribution in [-0.4, -0.2) is 11.0 Å². The quantitative estimate of drug-likeness (QED) is 0.285. The van der Waals surface area contributed by atoms with Crippen molar-refractivity contribution in [2.24, 2.45) is 5.92 Å². The van der Waals surface area contributed by atoms with Crippen molar-refractivity contribution in [1.82, 2.24) is 4.98 Å². The average molecular weight is 509 g/mol. The Kier molecular flexibility index (Phi) is 6.19. The van der Waals surface area contributed by atoms with Gasteiger partial charge in [-0.2, -0.15) is 0 Å². The van der Waals surface area contributed by atoms with Gasteiger partial charge >= 0.3 is 5.63 Å². The molecule has 1 aliphatic rings. The number of benzene rings is 2. The summed E-state index contributed by atoms with van der Waals surface area (Å²) in [6.45, 7) is 2.17. The van der Waals surface area contributed by atoms with Crippen LogP contribution in [0.1, 0.15) is 50.5 Å². The van der Waals surface area contributed by atoms with Crippen LogP contribution in [0.3, 0.4) is 0 Å². The normalized spacial score (nSPS) is 19.6. The van der Waals surface area contributed by atoms with Crippen LogP contribution in [0.5, 0.6) is 0 Å². The maximum Gasteiger partial charge on any atom is 0.338 e. The molecule has 0 amide bonds. The predicted molar refractivity (Wildman–Crippen MR) is 134 cm³/mol. The second-order valence-electron chi connectivity index (χ2n) is 9.18. The molecule has 0 aliphatic heterocycles. The van der Waals surface area contributed by atoms with Crippen LogP contribution in [0, 0.1) is 11.7 Å². The molecule has 1 N–H and O–H groups in total. The predicted octanol–water partition coefficient (Wildman–Crippen LogP) is 7.41. The zero-order chi connectivity index (χ0) is 22.9. The van der Waals surface area contributed by atoms with Gasteiger partial charge in [0.25, 0.3) is 0 Å². The first-order valence-electron chi connectivity index (χ1n) is 11.5. The fourth-order valence-corrected chi connectivity index (χ4v) is 5.64. The third kappa shape index (κ3) is 4.81. The molecular formula is C27H26BrFN2O2. The van der Waals surface area contributed by atoms with Crippen molar-refractivity contribution in [2.75, 3.05) is 5.32 Å². The summed E-state index contributed by atoms with van der Waals surface area (Å²) in [5.74, 6) is 0.850. The van der Waals surface area contributed by atoms with Gasteiger partial charge in [0.1, 0.15) is 11.4 Å². The number of rotatable bonds is 5. The Bertz CT molecular complexity index is 1360. The van der Waals surface area contributed by atoms with Crippen molar-refractivity contribution in [3.8, 4) is 0 Å². The fourth-order valence-electron chi connectivity index (χ4n) is 5.28. The number of fused-ring (bicyclic) bond motifs is 2. The van der Waals surface area contributed by atoms with Gasteiger partial charge in [0, 0.05) is 33.6 Å². The maximum absolute atomic E-state index is 13.9. The highest BCUT2D eigenvalue weighted by Crippen LogP contribution is 2.40. The Morgan fingerprint density at radius 1 is 1.09 bits per heavy atom. The van der Waals surface area contributed by atoms with E-state index in [1.165, 1.54) is 17.7 Å². The standard InChI is InChI=1S/C27H26BrFN2O2/c1-16(31-25-15-27(32)33-26-9-6-19(28)13-23(25)26)12-17-2-4-18(5-3-17)21-10-11-30-24-8-7-20(29)14-22(21)24/h6-11,13-18,31H,2-5,12H2,1H3. The largest absolute Gasteiger partial charge is 0.423 e. The molecular weight excluding hydrogens is 483 g/mol. The fraction of sp³-hybridized carbons (Fsp3) is 0.333. The molecule has 170 valence electrons. The minimum atomic E-state index is -0.346. The number of hydrogen-bond acceptors (Lipinski definition) is 4. The highest BCUT2D eigenvalue weighted by Gasteiger charge is 2.25. The lowest BCUT2D eigenvalue weighted by Crippen LogP contribution is -2.23. The molecule has 4 nitrogen and oxygen atoms in total. The third-order valence-electron chi connectivity index (χ3n) is 6.82. The molecule has 1 fully saturated rings. The lowest BCUT2D eigenvalue weighted by molar-refractivity contribution is 0.302. The Hall–Kier alpha value is -2.73. The molecule has 1 saturated carbocycles. The van der Waals surface area contributed by atoms with E-state index in [4.69, 9.17) is 4.42 Å². The van der Waals surface area contributed by atoms with Crippen LogP contribution < -0.4 is 10.9 Å². The van der Waals surface area contributed by atoms with E-state index in [-0.39, 0.29) is 17.5 Å². The lowest BCUT2D eigenvalue weighted by atomic mass is 9.76. The van der Waals surface area contributed by atoms with Gasteiger partial charge in [-0.25, -0.2) is 9.18 Å². The van der Waals surface area contributed by atoms with E-state index < -0.39 is 0 Å². The molecule has 0 radical (unpaired) electrons. The summed E-state index contributed by atoms with van der Waals surface area (Å²) >= 11 is 3.50. The van der Waals surface area contributed by atoms with E-state index in [0.29, 0.717) is 17.4 Å². The number of aromatic nitrogens is 1. The average Bonchev–Trinajstić information content (AvgIpc) is 2.79. The molecule has 33 heavy (non-hydrogen) atoms. The molecule has 0 spiro atoms. The van der Waals surface area contributed by atoms with Crippen molar-refractivity contribution in [2.45, 2.75) is 51.0 Å². The highest BCUT2D eigenvalue weighted by molar-refractivity contribution is 9.10. The summed E-state index contributed by atoms with van der Waals surface area (Å²) in [4.78, 5) is 16.4. The number of pyridine rings is 1. The molecule has 4 aromatic rings. The molecule has 2 aromatic carbocycles.